The quantitative estimate of drug-likeness (QED) is 0.585. The number of amides is 1. The van der Waals surface area contributed by atoms with Crippen LogP contribution in [0.5, 0.6) is 0 Å². The average molecular weight is 445 g/mol. The van der Waals surface area contributed by atoms with Crippen LogP contribution < -0.4 is 0 Å². The van der Waals surface area contributed by atoms with E-state index in [1.807, 2.05) is 17.9 Å². The molecule has 2 aliphatic rings. The Kier molecular flexibility index (Phi) is 5.22. The Bertz CT molecular complexity index is 1140. The second-order valence-electron chi connectivity index (χ2n) is 8.91. The van der Waals surface area contributed by atoms with Crippen LogP contribution in [0, 0.1) is 6.92 Å². The van der Waals surface area contributed by atoms with Gasteiger partial charge in [-0.05, 0) is 56.9 Å². The molecule has 1 aliphatic heterocycles. The van der Waals surface area contributed by atoms with Crippen LogP contribution >= 0.6 is 0 Å². The van der Waals surface area contributed by atoms with Gasteiger partial charge in [-0.15, -0.1) is 0 Å². The normalized spacial score (nSPS) is 18.3. The summed E-state index contributed by atoms with van der Waals surface area (Å²) in [6.45, 7) is 3.39. The van der Waals surface area contributed by atoms with E-state index in [2.05, 4.69) is 14.6 Å². The summed E-state index contributed by atoms with van der Waals surface area (Å²) >= 11 is 0. The summed E-state index contributed by atoms with van der Waals surface area (Å²) < 4.78 is 43.5. The minimum absolute atomic E-state index is 0.0415. The summed E-state index contributed by atoms with van der Waals surface area (Å²) in [5.74, 6) is 1.25. The molecule has 0 unspecified atom stereocenters. The molecule has 3 aromatic rings. The van der Waals surface area contributed by atoms with Gasteiger partial charge >= 0.3 is 6.18 Å². The van der Waals surface area contributed by atoms with Gasteiger partial charge in [-0.3, -0.25) is 9.48 Å². The molecule has 0 atom stereocenters. The Morgan fingerprint density at radius 3 is 2.47 bits per heavy atom. The lowest BCUT2D eigenvalue weighted by Gasteiger charge is -2.35. The smallest absolute Gasteiger partial charge is 0.341 e. The molecule has 1 amide bonds. The summed E-state index contributed by atoms with van der Waals surface area (Å²) in [6.07, 6.45) is 2.00. The highest BCUT2D eigenvalue weighted by Gasteiger charge is 2.34. The number of hydrogen-bond donors (Lipinski definition) is 0. The van der Waals surface area contributed by atoms with Crippen molar-refractivity contribution in [1.29, 1.82) is 0 Å². The fourth-order valence-corrected chi connectivity index (χ4v) is 4.80. The van der Waals surface area contributed by atoms with Crippen molar-refractivity contribution in [3.63, 3.8) is 0 Å². The number of carbonyl (C=O) groups is 1. The molecule has 1 aliphatic carbocycles. The third kappa shape index (κ3) is 3.78. The Hall–Kier alpha value is -2.84. The Morgan fingerprint density at radius 1 is 1.12 bits per heavy atom. The van der Waals surface area contributed by atoms with E-state index in [-0.39, 0.29) is 18.5 Å². The number of rotatable bonds is 4. The zero-order valence-electron chi connectivity index (χ0n) is 18.0. The zero-order chi connectivity index (χ0) is 22.5. The third-order valence-corrected chi connectivity index (χ3v) is 6.91. The molecule has 2 fully saturated rings. The van der Waals surface area contributed by atoms with E-state index in [4.69, 9.17) is 0 Å². The summed E-state index contributed by atoms with van der Waals surface area (Å²) in [4.78, 5) is 19.3. The number of likely N-dealkylation sites (tertiary alicyclic amines) is 1. The van der Waals surface area contributed by atoms with E-state index in [1.165, 1.54) is 6.07 Å². The number of imidazole rings is 1. The Morgan fingerprint density at radius 2 is 1.88 bits per heavy atom. The highest BCUT2D eigenvalue weighted by atomic mass is 19.4. The van der Waals surface area contributed by atoms with Crippen molar-refractivity contribution >= 4 is 16.9 Å². The molecule has 2 aromatic heterocycles. The molecule has 1 saturated heterocycles. The van der Waals surface area contributed by atoms with Gasteiger partial charge in [0.05, 0.1) is 16.6 Å². The van der Waals surface area contributed by atoms with Crippen LogP contribution in [-0.4, -0.2) is 43.2 Å². The van der Waals surface area contributed by atoms with Crippen LogP contribution in [0.15, 0.2) is 30.5 Å². The maximum Gasteiger partial charge on any atom is 0.416 e. The van der Waals surface area contributed by atoms with E-state index in [0.29, 0.717) is 24.5 Å². The van der Waals surface area contributed by atoms with Crippen LogP contribution in [0.1, 0.15) is 61.1 Å². The van der Waals surface area contributed by atoms with Crippen molar-refractivity contribution < 1.29 is 18.0 Å². The zero-order valence-corrected chi connectivity index (χ0v) is 18.0. The molecular formula is C23H26F3N5O. The van der Waals surface area contributed by atoms with E-state index < -0.39 is 11.7 Å². The largest absolute Gasteiger partial charge is 0.416 e. The third-order valence-electron chi connectivity index (χ3n) is 6.91. The van der Waals surface area contributed by atoms with Crippen molar-refractivity contribution in [2.75, 3.05) is 13.1 Å². The van der Waals surface area contributed by atoms with Crippen molar-refractivity contribution in [2.45, 2.75) is 63.7 Å². The molecule has 0 radical (unpaired) electrons. The number of halogens is 3. The second-order valence-corrected chi connectivity index (χ2v) is 8.91. The number of fused-ring (bicyclic) bond motifs is 1. The number of alkyl halides is 3. The number of hydrogen-bond acceptors (Lipinski definition) is 3. The summed E-state index contributed by atoms with van der Waals surface area (Å²) in [6, 6.07) is 5.87. The second kappa shape index (κ2) is 7.94. The first-order valence-electron chi connectivity index (χ1n) is 11.2. The molecule has 32 heavy (non-hydrogen) atoms. The first kappa shape index (κ1) is 21.0. The number of aromatic nitrogens is 4. The lowest BCUT2D eigenvalue weighted by Crippen LogP contribution is -2.41. The molecule has 5 rings (SSSR count). The van der Waals surface area contributed by atoms with Crippen molar-refractivity contribution in [2.24, 2.45) is 0 Å². The molecule has 3 heterocycles. The molecule has 0 spiro atoms. The fourth-order valence-electron chi connectivity index (χ4n) is 4.80. The molecule has 1 saturated carbocycles. The van der Waals surface area contributed by atoms with Crippen LogP contribution in [0.25, 0.3) is 11.0 Å². The van der Waals surface area contributed by atoms with Crippen LogP contribution in [0.4, 0.5) is 13.2 Å². The topological polar surface area (TPSA) is 56.0 Å². The van der Waals surface area contributed by atoms with Gasteiger partial charge in [0.2, 0.25) is 5.91 Å². The molecule has 0 bridgehead atoms. The monoisotopic (exact) mass is 445 g/mol. The van der Waals surface area contributed by atoms with Gasteiger partial charge in [-0.25, -0.2) is 4.98 Å². The number of benzene rings is 1. The lowest BCUT2D eigenvalue weighted by atomic mass is 9.84. The highest BCUT2D eigenvalue weighted by molar-refractivity contribution is 5.78. The van der Waals surface area contributed by atoms with Crippen LogP contribution in [0.3, 0.4) is 0 Å². The molecular weight excluding hydrogens is 419 g/mol. The number of piperidine rings is 1. The van der Waals surface area contributed by atoms with Crippen molar-refractivity contribution in [1.82, 2.24) is 24.2 Å². The summed E-state index contributed by atoms with van der Waals surface area (Å²) in [5, 5.41) is 4.19. The predicted octanol–water partition coefficient (Wildman–Crippen LogP) is 4.69. The number of carbonyl (C=O) groups excluding carboxylic acids is 1. The Balaban J connectivity index is 1.37. The first-order valence-corrected chi connectivity index (χ1v) is 11.2. The predicted molar refractivity (Wildman–Crippen MR) is 113 cm³/mol. The highest BCUT2D eigenvalue weighted by Crippen LogP contribution is 2.41. The molecule has 1 aromatic carbocycles. The maximum atomic E-state index is 13.2. The lowest BCUT2D eigenvalue weighted by molar-refractivity contribution is -0.137. The number of nitrogens with zero attached hydrogens (tertiary/aromatic N) is 5. The van der Waals surface area contributed by atoms with Gasteiger partial charge in [0.1, 0.15) is 12.4 Å². The molecule has 9 heteroatoms. The van der Waals surface area contributed by atoms with Gasteiger partial charge in [0, 0.05) is 36.9 Å². The SMILES string of the molecule is Cc1ccnn1CC(=O)N1CCC(n2c(C3CCC3)nc3cc(C(F)(F)F)ccc32)CC1. The minimum atomic E-state index is -4.38. The summed E-state index contributed by atoms with van der Waals surface area (Å²) in [7, 11) is 0. The minimum Gasteiger partial charge on any atom is -0.341 e. The van der Waals surface area contributed by atoms with Gasteiger partial charge in [-0.2, -0.15) is 18.3 Å². The Labute approximate surface area is 184 Å². The standard InChI is InChI=1S/C23H26F3N5O/c1-15-7-10-27-30(15)14-21(32)29-11-8-18(9-12-29)31-20-6-5-17(23(24,25)26)13-19(20)28-22(31)16-3-2-4-16/h5-7,10,13,16,18H,2-4,8-9,11-12,14H2,1H3. The van der Waals surface area contributed by atoms with Crippen molar-refractivity contribution in [3.8, 4) is 0 Å². The van der Waals surface area contributed by atoms with Gasteiger partial charge in [0.15, 0.2) is 0 Å². The van der Waals surface area contributed by atoms with Crippen molar-refractivity contribution in [3.05, 3.63) is 47.5 Å². The molecule has 6 nitrogen and oxygen atoms in total. The van der Waals surface area contributed by atoms with E-state index in [1.54, 1.807) is 16.9 Å². The van der Waals surface area contributed by atoms with E-state index in [0.717, 1.165) is 55.2 Å². The summed E-state index contributed by atoms with van der Waals surface area (Å²) in [5.41, 5.74) is 1.46. The van der Waals surface area contributed by atoms with Gasteiger partial charge in [0.25, 0.3) is 0 Å². The number of aryl methyl sites for hydroxylation is 1. The van der Waals surface area contributed by atoms with E-state index in [9.17, 15) is 18.0 Å². The fraction of sp³-hybridized carbons (Fsp3) is 0.522. The average Bonchev–Trinajstić information content (AvgIpc) is 3.28. The van der Waals surface area contributed by atoms with Crippen LogP contribution in [-0.2, 0) is 17.5 Å². The molecule has 170 valence electrons. The van der Waals surface area contributed by atoms with E-state index >= 15 is 0 Å². The van der Waals surface area contributed by atoms with Crippen LogP contribution in [0.2, 0.25) is 0 Å². The first-order chi connectivity index (χ1) is 15.3. The van der Waals surface area contributed by atoms with Gasteiger partial charge in [-0.1, -0.05) is 6.42 Å². The maximum absolute atomic E-state index is 13.2. The molecule has 0 N–H and O–H groups in total. The van der Waals surface area contributed by atoms with Gasteiger partial charge < -0.3 is 9.47 Å².